The summed E-state index contributed by atoms with van der Waals surface area (Å²) in [5.74, 6) is 0.572. The number of halogens is 1. The zero-order chi connectivity index (χ0) is 14.5. The van der Waals surface area contributed by atoms with Gasteiger partial charge < -0.3 is 10.2 Å². The van der Waals surface area contributed by atoms with Crippen LogP contribution >= 0.6 is 22.6 Å². The van der Waals surface area contributed by atoms with Crippen molar-refractivity contribution in [3.8, 4) is 0 Å². The van der Waals surface area contributed by atoms with Crippen molar-refractivity contribution in [2.24, 2.45) is 5.92 Å². The third-order valence-corrected chi connectivity index (χ3v) is 4.41. The molecule has 1 atom stereocenters. The van der Waals surface area contributed by atoms with Gasteiger partial charge in [-0.05, 0) is 73.5 Å². The normalized spacial score (nSPS) is 18.8. The molecule has 1 aliphatic heterocycles. The maximum absolute atomic E-state index is 11.2. The number of nitro groups is 1. The van der Waals surface area contributed by atoms with Gasteiger partial charge in [0.05, 0.1) is 4.92 Å². The molecular formula is C14H20IN3O2. The first-order chi connectivity index (χ1) is 9.61. The lowest BCUT2D eigenvalue weighted by atomic mass is 9.98. The second-order valence-corrected chi connectivity index (χ2v) is 6.39. The highest BCUT2D eigenvalue weighted by Crippen LogP contribution is 2.30. The summed E-state index contributed by atoms with van der Waals surface area (Å²) in [5, 5.41) is 14.7. The predicted molar refractivity (Wildman–Crippen MR) is 89.3 cm³/mol. The lowest BCUT2D eigenvalue weighted by molar-refractivity contribution is -0.384. The standard InChI is InChI=1S/C14H20IN3O2/c1-2-17(10-11-4-3-7-16-9-11)13-6-5-12(15)8-14(13)18(19)20/h5-6,8,11,16H,2-4,7,9-10H2,1H3. The number of nitrogens with zero attached hydrogens (tertiary/aromatic N) is 2. The van der Waals surface area contributed by atoms with Gasteiger partial charge in [0.15, 0.2) is 0 Å². The van der Waals surface area contributed by atoms with E-state index in [1.807, 2.05) is 12.1 Å². The summed E-state index contributed by atoms with van der Waals surface area (Å²) in [6.45, 7) is 5.82. The van der Waals surface area contributed by atoms with E-state index in [9.17, 15) is 10.1 Å². The molecule has 6 heteroatoms. The SMILES string of the molecule is CCN(CC1CCCNC1)c1ccc(I)cc1[N+](=O)[O-]. The van der Waals surface area contributed by atoms with Gasteiger partial charge in [-0.25, -0.2) is 0 Å². The molecule has 20 heavy (non-hydrogen) atoms. The van der Waals surface area contributed by atoms with E-state index in [0.717, 1.165) is 35.4 Å². The molecule has 1 heterocycles. The highest BCUT2D eigenvalue weighted by atomic mass is 127. The topological polar surface area (TPSA) is 58.4 Å². The fraction of sp³-hybridized carbons (Fsp3) is 0.571. The van der Waals surface area contributed by atoms with Crippen molar-refractivity contribution < 1.29 is 4.92 Å². The molecule has 110 valence electrons. The maximum Gasteiger partial charge on any atom is 0.293 e. The first-order valence-electron chi connectivity index (χ1n) is 7.01. The van der Waals surface area contributed by atoms with Crippen LogP contribution < -0.4 is 10.2 Å². The summed E-state index contributed by atoms with van der Waals surface area (Å²) < 4.78 is 0.897. The van der Waals surface area contributed by atoms with Gasteiger partial charge in [-0.3, -0.25) is 10.1 Å². The van der Waals surface area contributed by atoms with Crippen molar-refractivity contribution in [1.29, 1.82) is 0 Å². The lowest BCUT2D eigenvalue weighted by Crippen LogP contribution is -2.38. The molecule has 1 aromatic carbocycles. The van der Waals surface area contributed by atoms with E-state index in [4.69, 9.17) is 0 Å². The monoisotopic (exact) mass is 389 g/mol. The fourth-order valence-electron chi connectivity index (χ4n) is 2.70. The second kappa shape index (κ2) is 7.21. The van der Waals surface area contributed by atoms with Crippen LogP contribution in [0.2, 0.25) is 0 Å². The van der Waals surface area contributed by atoms with Crippen LogP contribution in [0.1, 0.15) is 19.8 Å². The molecule has 1 fully saturated rings. The summed E-state index contributed by atoms with van der Waals surface area (Å²) in [6, 6.07) is 5.46. The molecule has 1 saturated heterocycles. The maximum atomic E-state index is 11.2. The van der Waals surface area contributed by atoms with Gasteiger partial charge in [0, 0.05) is 22.7 Å². The predicted octanol–water partition coefficient (Wildman–Crippen LogP) is 3.03. The van der Waals surface area contributed by atoms with E-state index < -0.39 is 0 Å². The third kappa shape index (κ3) is 3.82. The van der Waals surface area contributed by atoms with Crippen LogP contribution in [0.4, 0.5) is 11.4 Å². The number of benzene rings is 1. The lowest BCUT2D eigenvalue weighted by Gasteiger charge is -2.30. The summed E-state index contributed by atoms with van der Waals surface area (Å²) in [7, 11) is 0. The van der Waals surface area contributed by atoms with E-state index in [-0.39, 0.29) is 10.6 Å². The highest BCUT2D eigenvalue weighted by molar-refractivity contribution is 14.1. The molecule has 0 bridgehead atoms. The Hall–Kier alpha value is -0.890. The van der Waals surface area contributed by atoms with Crippen LogP contribution in [-0.2, 0) is 0 Å². The third-order valence-electron chi connectivity index (χ3n) is 3.73. The van der Waals surface area contributed by atoms with Gasteiger partial charge in [0.1, 0.15) is 5.69 Å². The zero-order valence-electron chi connectivity index (χ0n) is 11.6. The molecule has 1 aliphatic rings. The average Bonchev–Trinajstić information content (AvgIpc) is 2.46. The molecule has 1 unspecified atom stereocenters. The van der Waals surface area contributed by atoms with Crippen LogP contribution in [0, 0.1) is 19.6 Å². The Morgan fingerprint density at radius 1 is 1.55 bits per heavy atom. The van der Waals surface area contributed by atoms with E-state index in [0.29, 0.717) is 5.92 Å². The summed E-state index contributed by atoms with van der Waals surface area (Å²) in [6.07, 6.45) is 2.39. The van der Waals surface area contributed by atoms with Gasteiger partial charge >= 0.3 is 0 Å². The van der Waals surface area contributed by atoms with E-state index in [1.165, 1.54) is 12.8 Å². The van der Waals surface area contributed by atoms with E-state index in [1.54, 1.807) is 6.07 Å². The summed E-state index contributed by atoms with van der Waals surface area (Å²) >= 11 is 2.11. The van der Waals surface area contributed by atoms with Crippen LogP contribution in [-0.4, -0.2) is 31.1 Å². The Bertz CT molecular complexity index is 475. The molecule has 1 N–H and O–H groups in total. The Kier molecular flexibility index (Phi) is 5.59. The largest absolute Gasteiger partial charge is 0.366 e. The number of rotatable bonds is 5. The van der Waals surface area contributed by atoms with Crippen LogP contribution in [0.15, 0.2) is 18.2 Å². The van der Waals surface area contributed by atoms with Crippen molar-refractivity contribution in [2.45, 2.75) is 19.8 Å². The number of hydrogen-bond donors (Lipinski definition) is 1. The molecule has 5 nitrogen and oxygen atoms in total. The van der Waals surface area contributed by atoms with Crippen molar-refractivity contribution in [3.63, 3.8) is 0 Å². The number of nitro benzene ring substituents is 1. The number of nitrogens with one attached hydrogen (secondary N) is 1. The molecule has 0 aromatic heterocycles. The molecular weight excluding hydrogens is 369 g/mol. The van der Waals surface area contributed by atoms with Crippen molar-refractivity contribution >= 4 is 34.0 Å². The Morgan fingerprint density at radius 3 is 2.95 bits per heavy atom. The van der Waals surface area contributed by atoms with Gasteiger partial charge in [-0.2, -0.15) is 0 Å². The average molecular weight is 389 g/mol. The number of anilines is 1. The first-order valence-corrected chi connectivity index (χ1v) is 8.09. The Labute approximate surface area is 133 Å². The second-order valence-electron chi connectivity index (χ2n) is 5.14. The summed E-state index contributed by atoms with van der Waals surface area (Å²) in [5.41, 5.74) is 0.950. The minimum atomic E-state index is -0.278. The van der Waals surface area contributed by atoms with E-state index in [2.05, 4.69) is 39.7 Å². The van der Waals surface area contributed by atoms with Crippen LogP contribution in [0.5, 0.6) is 0 Å². The molecule has 0 saturated carbocycles. The van der Waals surface area contributed by atoms with Crippen LogP contribution in [0.25, 0.3) is 0 Å². The molecule has 1 aromatic rings. The van der Waals surface area contributed by atoms with Crippen molar-refractivity contribution in [1.82, 2.24) is 5.32 Å². The van der Waals surface area contributed by atoms with Gasteiger partial charge in [-0.1, -0.05) is 0 Å². The molecule has 0 radical (unpaired) electrons. The minimum absolute atomic E-state index is 0.211. The molecule has 0 spiro atoms. The highest BCUT2D eigenvalue weighted by Gasteiger charge is 2.22. The first kappa shape index (κ1) is 15.5. The smallest absolute Gasteiger partial charge is 0.293 e. The summed E-state index contributed by atoms with van der Waals surface area (Å²) in [4.78, 5) is 13.1. The zero-order valence-corrected chi connectivity index (χ0v) is 13.8. The Morgan fingerprint density at radius 2 is 2.35 bits per heavy atom. The Balaban J connectivity index is 2.19. The van der Waals surface area contributed by atoms with Crippen molar-refractivity contribution in [3.05, 3.63) is 31.9 Å². The van der Waals surface area contributed by atoms with Crippen molar-refractivity contribution in [2.75, 3.05) is 31.1 Å². The number of piperidine rings is 1. The molecule has 2 rings (SSSR count). The fourth-order valence-corrected chi connectivity index (χ4v) is 3.17. The van der Waals surface area contributed by atoms with Gasteiger partial charge in [0.25, 0.3) is 5.69 Å². The molecule has 0 aliphatic carbocycles. The van der Waals surface area contributed by atoms with Crippen LogP contribution in [0.3, 0.4) is 0 Å². The van der Waals surface area contributed by atoms with Gasteiger partial charge in [0.2, 0.25) is 0 Å². The van der Waals surface area contributed by atoms with Gasteiger partial charge in [-0.15, -0.1) is 0 Å². The number of hydrogen-bond acceptors (Lipinski definition) is 4. The van der Waals surface area contributed by atoms with E-state index >= 15 is 0 Å². The minimum Gasteiger partial charge on any atom is -0.366 e. The quantitative estimate of drug-likeness (QED) is 0.478. The molecule has 0 amide bonds.